The molecule has 5 aromatic carbocycles. The number of nitrogens with zero attached hydrogens (tertiary/aromatic N) is 2. The van der Waals surface area contributed by atoms with Gasteiger partial charge >= 0.3 is 0 Å². The van der Waals surface area contributed by atoms with E-state index in [1.165, 1.54) is 4.90 Å². The fraction of sp³-hybridized carbons (Fsp3) is 0.0556. The molecule has 0 aromatic heterocycles. The molecule has 1 fully saturated rings. The van der Waals surface area contributed by atoms with Crippen LogP contribution in [0.2, 0.25) is 0 Å². The van der Waals surface area contributed by atoms with Gasteiger partial charge in [-0.1, -0.05) is 115 Å². The zero-order valence-electron chi connectivity index (χ0n) is 22.6. The van der Waals surface area contributed by atoms with Gasteiger partial charge in [-0.25, -0.2) is 0 Å². The second-order valence-corrected chi connectivity index (χ2v) is 9.92. The summed E-state index contributed by atoms with van der Waals surface area (Å²) < 4.78 is 0. The third-order valence-corrected chi connectivity index (χ3v) is 7.40. The average molecular weight is 550 g/mol. The van der Waals surface area contributed by atoms with E-state index in [9.17, 15) is 14.4 Å². The summed E-state index contributed by atoms with van der Waals surface area (Å²) in [4.78, 5) is 49.8. The zero-order valence-corrected chi connectivity index (χ0v) is 22.6. The third kappa shape index (κ3) is 4.69. The van der Waals surface area contributed by atoms with E-state index in [-0.39, 0.29) is 0 Å². The lowest BCUT2D eigenvalue weighted by atomic mass is 9.73. The van der Waals surface area contributed by atoms with Gasteiger partial charge in [-0.3, -0.25) is 24.3 Å². The maximum Gasteiger partial charge on any atom is 0.296 e. The number of rotatable bonds is 7. The van der Waals surface area contributed by atoms with E-state index < -0.39 is 29.1 Å². The Bertz CT molecular complexity index is 1740. The van der Waals surface area contributed by atoms with Crippen LogP contribution in [0.15, 0.2) is 157 Å². The normalized spacial score (nSPS) is 18.6. The van der Waals surface area contributed by atoms with Crippen molar-refractivity contribution < 1.29 is 14.4 Å². The minimum Gasteiger partial charge on any atom is -0.324 e. The van der Waals surface area contributed by atoms with E-state index >= 15 is 0 Å². The topological polar surface area (TPSA) is 78.8 Å². The zero-order chi connectivity index (χ0) is 28.9. The number of nitrogens with one attached hydrogen (secondary N) is 1. The molecule has 2 amide bonds. The van der Waals surface area contributed by atoms with Gasteiger partial charge in [-0.2, -0.15) is 0 Å². The Balaban J connectivity index is 1.69. The van der Waals surface area contributed by atoms with Crippen LogP contribution >= 0.6 is 0 Å². The molecule has 6 heteroatoms. The largest absolute Gasteiger partial charge is 0.324 e. The molecule has 0 aliphatic carbocycles. The predicted octanol–water partition coefficient (Wildman–Crippen LogP) is 6.57. The Morgan fingerprint density at radius 1 is 0.643 bits per heavy atom. The number of carbonyl (C=O) groups is 3. The van der Waals surface area contributed by atoms with E-state index in [0.717, 1.165) is 0 Å². The molecule has 0 bridgehead atoms. The molecule has 1 N–H and O–H groups in total. The Morgan fingerprint density at radius 3 is 1.74 bits per heavy atom. The van der Waals surface area contributed by atoms with E-state index in [4.69, 9.17) is 4.99 Å². The molecule has 6 rings (SSSR count). The van der Waals surface area contributed by atoms with Crippen LogP contribution in [0.3, 0.4) is 0 Å². The first-order valence-electron chi connectivity index (χ1n) is 13.6. The highest BCUT2D eigenvalue weighted by atomic mass is 16.2. The summed E-state index contributed by atoms with van der Waals surface area (Å²) in [6, 6.07) is 45.4. The first-order valence-corrected chi connectivity index (χ1v) is 13.6. The van der Waals surface area contributed by atoms with Crippen LogP contribution in [0, 0.1) is 5.92 Å². The number of amides is 2. The summed E-state index contributed by atoms with van der Waals surface area (Å²) in [7, 11) is 0. The van der Waals surface area contributed by atoms with Crippen LogP contribution in [0.1, 0.15) is 11.1 Å². The molecule has 0 saturated carbocycles. The van der Waals surface area contributed by atoms with E-state index in [1.807, 2.05) is 91.0 Å². The average Bonchev–Trinajstić information content (AvgIpc) is 3.29. The van der Waals surface area contributed by atoms with Gasteiger partial charge in [0.2, 0.25) is 5.78 Å². The Hall–Kier alpha value is -5.62. The SMILES string of the molecule is O=C1C(=O)N(c2ccccc2)[C@](C(=O)Nc2ccccc2)(c2ccccc2)[C@@H]1C(=Nc1ccccc1)c1ccccc1. The molecule has 1 saturated heterocycles. The molecule has 0 unspecified atom stereocenters. The second kappa shape index (κ2) is 11.5. The van der Waals surface area contributed by atoms with Gasteiger partial charge in [-0.05, 0) is 47.5 Å². The first kappa shape index (κ1) is 26.6. The number of ketones is 1. The third-order valence-electron chi connectivity index (χ3n) is 7.40. The van der Waals surface area contributed by atoms with Crippen molar-refractivity contribution in [2.24, 2.45) is 10.9 Å². The summed E-state index contributed by atoms with van der Waals surface area (Å²) in [5.74, 6) is -3.30. The van der Waals surface area contributed by atoms with Gasteiger partial charge in [0.15, 0.2) is 5.54 Å². The van der Waals surface area contributed by atoms with Crippen LogP contribution in [-0.2, 0) is 19.9 Å². The van der Waals surface area contributed by atoms with Crippen molar-refractivity contribution in [3.8, 4) is 0 Å². The van der Waals surface area contributed by atoms with Crippen LogP contribution in [-0.4, -0.2) is 23.3 Å². The molecule has 2 atom stereocenters. The number of carbonyl (C=O) groups excluding carboxylic acids is 3. The fourth-order valence-corrected chi connectivity index (χ4v) is 5.58. The minimum atomic E-state index is -1.81. The van der Waals surface area contributed by atoms with Crippen molar-refractivity contribution in [1.82, 2.24) is 0 Å². The highest BCUT2D eigenvalue weighted by Crippen LogP contribution is 2.48. The maximum absolute atomic E-state index is 14.9. The number of para-hydroxylation sites is 3. The molecule has 0 spiro atoms. The Labute approximate surface area is 244 Å². The van der Waals surface area contributed by atoms with Crippen LogP contribution in [0.25, 0.3) is 0 Å². The van der Waals surface area contributed by atoms with Crippen molar-refractivity contribution in [2.45, 2.75) is 5.54 Å². The summed E-state index contributed by atoms with van der Waals surface area (Å²) in [6.45, 7) is 0. The molecule has 0 radical (unpaired) electrons. The van der Waals surface area contributed by atoms with Crippen molar-refractivity contribution in [3.63, 3.8) is 0 Å². The van der Waals surface area contributed by atoms with Crippen LogP contribution in [0.5, 0.6) is 0 Å². The number of hydrogen-bond donors (Lipinski definition) is 1. The first-order chi connectivity index (χ1) is 20.6. The predicted molar refractivity (Wildman–Crippen MR) is 165 cm³/mol. The highest BCUT2D eigenvalue weighted by Gasteiger charge is 2.66. The number of aliphatic imine (C=N–C) groups is 1. The van der Waals surface area contributed by atoms with E-state index in [0.29, 0.717) is 33.9 Å². The minimum absolute atomic E-state index is 0.325. The molecular formula is C36H27N3O3. The van der Waals surface area contributed by atoms with Crippen molar-refractivity contribution in [3.05, 3.63) is 163 Å². The fourth-order valence-electron chi connectivity index (χ4n) is 5.58. The molecule has 1 heterocycles. The summed E-state index contributed by atoms with van der Waals surface area (Å²) >= 11 is 0. The molecule has 204 valence electrons. The van der Waals surface area contributed by atoms with Gasteiger partial charge in [-0.15, -0.1) is 0 Å². The van der Waals surface area contributed by atoms with Crippen LogP contribution < -0.4 is 10.2 Å². The van der Waals surface area contributed by atoms with Crippen LogP contribution in [0.4, 0.5) is 17.1 Å². The molecule has 1 aliphatic rings. The summed E-state index contributed by atoms with van der Waals surface area (Å²) in [5.41, 5.74) is 1.20. The second-order valence-electron chi connectivity index (χ2n) is 9.92. The summed E-state index contributed by atoms with van der Waals surface area (Å²) in [5, 5.41) is 3.02. The highest BCUT2D eigenvalue weighted by molar-refractivity contribution is 6.52. The van der Waals surface area contributed by atoms with Gasteiger partial charge in [0.05, 0.1) is 11.4 Å². The van der Waals surface area contributed by atoms with Gasteiger partial charge < -0.3 is 5.32 Å². The lowest BCUT2D eigenvalue weighted by Gasteiger charge is -2.40. The van der Waals surface area contributed by atoms with Gasteiger partial charge in [0.25, 0.3) is 11.8 Å². The molecular weight excluding hydrogens is 522 g/mol. The number of anilines is 2. The standard InChI is InChI=1S/C36H27N3O3/c40-33-31(32(26-16-6-1-7-17-26)37-28-20-10-3-11-21-28)36(27-18-8-2-9-19-27,35(42)38-29-22-12-4-13-23-29)39(34(33)41)30-24-14-5-15-25-30/h1-25,31H,(H,38,42)/t31-,36-/m1/s1. The van der Waals surface area contributed by atoms with Crippen molar-refractivity contribution in [2.75, 3.05) is 10.2 Å². The van der Waals surface area contributed by atoms with Crippen molar-refractivity contribution in [1.29, 1.82) is 0 Å². The Kier molecular flexibility index (Phi) is 7.26. The number of hydrogen-bond acceptors (Lipinski definition) is 4. The van der Waals surface area contributed by atoms with Gasteiger partial charge in [0.1, 0.15) is 5.92 Å². The van der Waals surface area contributed by atoms with Crippen molar-refractivity contribution >= 4 is 40.4 Å². The molecule has 6 nitrogen and oxygen atoms in total. The Morgan fingerprint density at radius 2 is 1.14 bits per heavy atom. The lowest BCUT2D eigenvalue weighted by molar-refractivity contribution is -0.134. The smallest absolute Gasteiger partial charge is 0.296 e. The molecule has 5 aromatic rings. The number of benzene rings is 5. The quantitative estimate of drug-likeness (QED) is 0.184. The monoisotopic (exact) mass is 549 g/mol. The summed E-state index contributed by atoms with van der Waals surface area (Å²) in [6.07, 6.45) is 0. The van der Waals surface area contributed by atoms with E-state index in [2.05, 4.69) is 5.32 Å². The number of Topliss-reactive ketones (excluding diaryl/α,β-unsaturated/α-hetero) is 1. The maximum atomic E-state index is 14.9. The van der Waals surface area contributed by atoms with E-state index in [1.54, 1.807) is 60.7 Å². The lowest BCUT2D eigenvalue weighted by Crippen LogP contribution is -2.57. The van der Waals surface area contributed by atoms with Gasteiger partial charge in [0, 0.05) is 11.4 Å². The molecule has 1 aliphatic heterocycles. The molecule has 42 heavy (non-hydrogen) atoms.